The van der Waals surface area contributed by atoms with E-state index < -0.39 is 22.0 Å². The largest absolute Gasteiger partial charge is 0.476 e. The van der Waals surface area contributed by atoms with Crippen molar-refractivity contribution >= 4 is 38.9 Å². The topological polar surface area (TPSA) is 75.7 Å². The Morgan fingerprint density at radius 2 is 1.75 bits per heavy atom. The average Bonchev–Trinajstić information content (AvgIpc) is 2.79. The van der Waals surface area contributed by atoms with Gasteiger partial charge in [-0.2, -0.15) is 0 Å². The van der Waals surface area contributed by atoms with Gasteiger partial charge in [-0.25, -0.2) is 8.42 Å². The van der Waals surface area contributed by atoms with Crippen molar-refractivity contribution in [2.24, 2.45) is 0 Å². The zero-order valence-electron chi connectivity index (χ0n) is 17.7. The molecule has 6 nitrogen and oxygen atoms in total. The first kappa shape index (κ1) is 22.2. The van der Waals surface area contributed by atoms with Crippen LogP contribution in [0.5, 0.6) is 5.75 Å². The summed E-state index contributed by atoms with van der Waals surface area (Å²) in [6, 6.07) is 20.3. The highest BCUT2D eigenvalue weighted by atomic mass is 35.5. The van der Waals surface area contributed by atoms with Crippen LogP contribution in [0.1, 0.15) is 25.3 Å². The normalized spacial score (nSPS) is 15.8. The van der Waals surface area contributed by atoms with E-state index in [1.807, 2.05) is 38.1 Å². The molecule has 1 atom stereocenters. The number of rotatable bonds is 5. The summed E-state index contributed by atoms with van der Waals surface area (Å²) in [4.78, 5) is 13.3. The van der Waals surface area contributed by atoms with Crippen LogP contribution in [0.2, 0.25) is 5.02 Å². The molecule has 166 valence electrons. The maximum Gasteiger partial charge on any atom is 0.267 e. The molecule has 4 rings (SSSR count). The number of hydrogen-bond acceptors (Lipinski definition) is 4. The molecule has 0 aromatic heterocycles. The number of benzene rings is 3. The number of sulfonamides is 1. The molecule has 0 spiro atoms. The van der Waals surface area contributed by atoms with Crippen molar-refractivity contribution in [2.75, 3.05) is 16.2 Å². The number of fused-ring (bicyclic) bond motifs is 1. The second-order valence-corrected chi connectivity index (χ2v) is 10.1. The molecule has 0 aliphatic carbocycles. The third-order valence-corrected chi connectivity index (χ3v) is 7.28. The number of para-hydroxylation sites is 1. The fourth-order valence-corrected chi connectivity index (χ4v) is 5.29. The number of ether oxygens (including phenoxy) is 1. The van der Waals surface area contributed by atoms with Gasteiger partial charge in [-0.1, -0.05) is 61.8 Å². The predicted molar refractivity (Wildman–Crippen MR) is 126 cm³/mol. The number of nitrogens with one attached hydrogen (secondary N) is 1. The Morgan fingerprint density at radius 3 is 2.47 bits per heavy atom. The highest BCUT2D eigenvalue weighted by Gasteiger charge is 2.38. The summed E-state index contributed by atoms with van der Waals surface area (Å²) in [5.74, 6) is 0.0565. The van der Waals surface area contributed by atoms with Crippen LogP contribution in [0.4, 0.5) is 11.4 Å². The van der Waals surface area contributed by atoms with E-state index in [1.165, 1.54) is 22.5 Å². The smallest absolute Gasteiger partial charge is 0.267 e. The van der Waals surface area contributed by atoms with Gasteiger partial charge in [0.05, 0.1) is 17.1 Å². The quantitative estimate of drug-likeness (QED) is 0.565. The van der Waals surface area contributed by atoms with E-state index in [0.717, 1.165) is 5.56 Å². The summed E-state index contributed by atoms with van der Waals surface area (Å²) < 4.78 is 33.9. The molecular weight excluding hydrogens is 448 g/mol. The minimum Gasteiger partial charge on any atom is -0.476 e. The first-order valence-corrected chi connectivity index (χ1v) is 12.0. The van der Waals surface area contributed by atoms with E-state index in [0.29, 0.717) is 16.4 Å². The Balaban J connectivity index is 1.69. The maximum atomic E-state index is 13.4. The molecule has 0 bridgehead atoms. The van der Waals surface area contributed by atoms with Crippen LogP contribution in [0.25, 0.3) is 0 Å². The molecule has 1 aliphatic rings. The highest BCUT2D eigenvalue weighted by molar-refractivity contribution is 7.92. The Labute approximate surface area is 192 Å². The number of hydrogen-bond donors (Lipinski definition) is 1. The van der Waals surface area contributed by atoms with Crippen molar-refractivity contribution in [1.82, 2.24) is 0 Å². The van der Waals surface area contributed by atoms with Crippen LogP contribution in [-0.2, 0) is 14.8 Å². The first-order chi connectivity index (χ1) is 15.3. The molecule has 1 amide bonds. The molecule has 1 heterocycles. The lowest BCUT2D eigenvalue weighted by molar-refractivity contribution is -0.122. The van der Waals surface area contributed by atoms with Gasteiger partial charge >= 0.3 is 0 Å². The number of carbonyl (C=O) groups excluding carboxylic acids is 1. The monoisotopic (exact) mass is 470 g/mol. The zero-order valence-corrected chi connectivity index (χ0v) is 19.2. The first-order valence-electron chi connectivity index (χ1n) is 10.2. The number of anilines is 2. The molecule has 8 heteroatoms. The van der Waals surface area contributed by atoms with E-state index in [-0.39, 0.29) is 23.1 Å². The third kappa shape index (κ3) is 4.31. The average molecular weight is 471 g/mol. The molecule has 3 aromatic rings. The standard InChI is InChI=1S/C24H23ClN2O4S/c1-16(2)19-10-6-7-11-20(19)26-24(28)23-15-27(21-14-17(25)12-13-22(21)31-23)32(29,30)18-8-4-3-5-9-18/h3-14,16,23H,15H2,1-2H3,(H,26,28)/t23-/m0/s1. The zero-order chi connectivity index (χ0) is 22.9. The van der Waals surface area contributed by atoms with Gasteiger partial charge in [0.15, 0.2) is 6.10 Å². The molecule has 0 saturated carbocycles. The number of halogens is 1. The van der Waals surface area contributed by atoms with Crippen molar-refractivity contribution in [3.63, 3.8) is 0 Å². The SMILES string of the molecule is CC(C)c1ccccc1NC(=O)[C@@H]1CN(S(=O)(=O)c2ccccc2)c2cc(Cl)ccc2O1. The van der Waals surface area contributed by atoms with Crippen LogP contribution >= 0.6 is 11.6 Å². The Bertz CT molecular complexity index is 1250. The highest BCUT2D eigenvalue weighted by Crippen LogP contribution is 2.39. The Kier molecular flexibility index (Phi) is 6.13. The van der Waals surface area contributed by atoms with E-state index in [2.05, 4.69) is 5.32 Å². The second kappa shape index (κ2) is 8.84. The van der Waals surface area contributed by atoms with Gasteiger partial charge in [0.25, 0.3) is 15.9 Å². The van der Waals surface area contributed by atoms with Crippen molar-refractivity contribution in [3.8, 4) is 5.75 Å². The summed E-state index contributed by atoms with van der Waals surface area (Å²) in [6.45, 7) is 3.90. The molecular formula is C24H23ClN2O4S. The van der Waals surface area contributed by atoms with Gasteiger partial charge in [0.2, 0.25) is 0 Å². The van der Waals surface area contributed by atoms with Crippen molar-refractivity contribution in [3.05, 3.63) is 83.4 Å². The molecule has 0 radical (unpaired) electrons. The van der Waals surface area contributed by atoms with Gasteiger partial charge < -0.3 is 10.1 Å². The van der Waals surface area contributed by atoms with Crippen LogP contribution in [0.15, 0.2) is 77.7 Å². The number of amides is 1. The summed E-state index contributed by atoms with van der Waals surface area (Å²) >= 11 is 6.14. The van der Waals surface area contributed by atoms with E-state index in [1.54, 1.807) is 30.3 Å². The minimum absolute atomic E-state index is 0.122. The molecule has 32 heavy (non-hydrogen) atoms. The maximum absolute atomic E-state index is 13.4. The molecule has 0 saturated heterocycles. The lowest BCUT2D eigenvalue weighted by atomic mass is 10.0. The van der Waals surface area contributed by atoms with Crippen LogP contribution in [0.3, 0.4) is 0 Å². The number of carbonyl (C=O) groups is 1. The van der Waals surface area contributed by atoms with Crippen molar-refractivity contribution in [1.29, 1.82) is 0 Å². The summed E-state index contributed by atoms with van der Waals surface area (Å²) in [7, 11) is -3.94. The van der Waals surface area contributed by atoms with E-state index in [9.17, 15) is 13.2 Å². The second-order valence-electron chi connectivity index (χ2n) is 7.80. The molecule has 0 fully saturated rings. The molecule has 0 unspecified atom stereocenters. The van der Waals surface area contributed by atoms with E-state index >= 15 is 0 Å². The summed E-state index contributed by atoms with van der Waals surface area (Å²) in [6.07, 6.45) is -1.04. The molecule has 1 N–H and O–H groups in total. The summed E-state index contributed by atoms with van der Waals surface area (Å²) in [5, 5.41) is 3.27. The van der Waals surface area contributed by atoms with Gasteiger partial charge in [-0.05, 0) is 47.9 Å². The van der Waals surface area contributed by atoms with Crippen LogP contribution < -0.4 is 14.4 Å². The van der Waals surface area contributed by atoms with Crippen molar-refractivity contribution in [2.45, 2.75) is 30.8 Å². The predicted octanol–water partition coefficient (Wildman–Crippen LogP) is 5.06. The lowest BCUT2D eigenvalue weighted by Gasteiger charge is -2.35. The minimum atomic E-state index is -3.94. The van der Waals surface area contributed by atoms with Gasteiger partial charge in [0.1, 0.15) is 5.75 Å². The van der Waals surface area contributed by atoms with Gasteiger partial charge in [-0.3, -0.25) is 9.10 Å². The fraction of sp³-hybridized carbons (Fsp3) is 0.208. The van der Waals surface area contributed by atoms with Gasteiger partial charge in [0, 0.05) is 10.7 Å². The fourth-order valence-electron chi connectivity index (χ4n) is 3.64. The van der Waals surface area contributed by atoms with Crippen LogP contribution in [0, 0.1) is 0 Å². The molecule has 3 aromatic carbocycles. The third-order valence-electron chi connectivity index (χ3n) is 5.25. The molecule has 1 aliphatic heterocycles. The lowest BCUT2D eigenvalue weighted by Crippen LogP contribution is -2.48. The van der Waals surface area contributed by atoms with Gasteiger partial charge in [-0.15, -0.1) is 0 Å². The Morgan fingerprint density at radius 1 is 1.06 bits per heavy atom. The van der Waals surface area contributed by atoms with E-state index in [4.69, 9.17) is 16.3 Å². The van der Waals surface area contributed by atoms with Crippen LogP contribution in [-0.4, -0.2) is 27.0 Å². The van der Waals surface area contributed by atoms with Crippen molar-refractivity contribution < 1.29 is 17.9 Å². The Hall–Kier alpha value is -3.03. The summed E-state index contributed by atoms with van der Waals surface area (Å²) in [5.41, 5.74) is 1.96. The number of nitrogens with zero attached hydrogens (tertiary/aromatic N) is 1.